The summed E-state index contributed by atoms with van der Waals surface area (Å²) in [5, 5.41) is 6.70. The molecular weight excluding hydrogens is 601 g/mol. The second-order valence-electron chi connectivity index (χ2n) is 12.8. The summed E-state index contributed by atoms with van der Waals surface area (Å²) in [6.07, 6.45) is 0. The number of hydrogen-bond acceptors (Lipinski definition) is 4. The molecule has 4 nitrogen and oxygen atoms in total. The van der Waals surface area contributed by atoms with E-state index in [9.17, 15) is 0 Å². The Labute approximate surface area is 282 Å². The van der Waals surface area contributed by atoms with Gasteiger partial charge in [-0.05, 0) is 87.1 Å². The van der Waals surface area contributed by atoms with Crippen molar-refractivity contribution in [2.45, 2.75) is 0 Å². The first-order valence-electron chi connectivity index (χ1n) is 16.6. The van der Waals surface area contributed by atoms with Gasteiger partial charge in [0.1, 0.15) is 22.8 Å². The number of fused-ring (bicyclic) bond motifs is 12. The van der Waals surface area contributed by atoms with Gasteiger partial charge in [-0.1, -0.05) is 97.1 Å². The summed E-state index contributed by atoms with van der Waals surface area (Å²) in [7, 11) is 0. The predicted octanol–water partition coefficient (Wildman–Crippen LogP) is 10.1. The molecular formula is C44H26BNO3. The number of benzene rings is 8. The van der Waals surface area contributed by atoms with Gasteiger partial charge in [0.2, 0.25) is 0 Å². The van der Waals surface area contributed by atoms with Crippen molar-refractivity contribution in [3.63, 3.8) is 0 Å². The fraction of sp³-hybridized carbons (Fsp3) is 0. The molecule has 0 amide bonds. The molecule has 0 unspecified atom stereocenters. The van der Waals surface area contributed by atoms with Crippen LogP contribution in [-0.4, -0.2) is 6.71 Å². The molecule has 0 N–H and O–H groups in total. The van der Waals surface area contributed by atoms with Crippen LogP contribution in [0.3, 0.4) is 0 Å². The van der Waals surface area contributed by atoms with Crippen molar-refractivity contribution in [2.24, 2.45) is 0 Å². The molecule has 228 valence electrons. The van der Waals surface area contributed by atoms with Gasteiger partial charge in [0, 0.05) is 39.4 Å². The molecule has 9 aromatic rings. The van der Waals surface area contributed by atoms with E-state index in [1.54, 1.807) is 0 Å². The van der Waals surface area contributed by atoms with Gasteiger partial charge in [-0.2, -0.15) is 0 Å². The van der Waals surface area contributed by atoms with Crippen molar-refractivity contribution in [1.29, 1.82) is 0 Å². The molecule has 3 heterocycles. The van der Waals surface area contributed by atoms with Gasteiger partial charge in [-0.3, -0.25) is 0 Å². The molecule has 2 aliphatic rings. The van der Waals surface area contributed by atoms with Crippen LogP contribution < -0.4 is 30.8 Å². The molecule has 8 aromatic carbocycles. The predicted molar refractivity (Wildman–Crippen MR) is 201 cm³/mol. The molecule has 0 spiro atoms. The molecule has 2 aliphatic heterocycles. The molecule has 0 atom stereocenters. The van der Waals surface area contributed by atoms with E-state index in [0.29, 0.717) is 0 Å². The van der Waals surface area contributed by atoms with Crippen LogP contribution in [0.1, 0.15) is 0 Å². The van der Waals surface area contributed by atoms with Gasteiger partial charge in [0.05, 0.1) is 0 Å². The van der Waals surface area contributed by atoms with E-state index in [1.807, 2.05) is 12.1 Å². The number of hydrogen-bond donors (Lipinski definition) is 0. The minimum absolute atomic E-state index is 0.102. The van der Waals surface area contributed by atoms with Gasteiger partial charge in [-0.25, -0.2) is 0 Å². The fourth-order valence-corrected chi connectivity index (χ4v) is 8.05. The van der Waals surface area contributed by atoms with Crippen molar-refractivity contribution in [3.8, 4) is 23.0 Å². The lowest BCUT2D eigenvalue weighted by molar-refractivity contribution is 0.462. The molecule has 0 bridgehead atoms. The number of anilines is 3. The van der Waals surface area contributed by atoms with Crippen molar-refractivity contribution < 1.29 is 13.9 Å². The normalized spacial score (nSPS) is 12.8. The van der Waals surface area contributed by atoms with E-state index in [0.717, 1.165) is 78.4 Å². The van der Waals surface area contributed by atoms with Gasteiger partial charge in [0.15, 0.2) is 11.3 Å². The Morgan fingerprint density at radius 1 is 0.408 bits per heavy atom. The van der Waals surface area contributed by atoms with Crippen LogP contribution in [0.15, 0.2) is 162 Å². The maximum absolute atomic E-state index is 6.93. The van der Waals surface area contributed by atoms with Crippen molar-refractivity contribution >= 4 is 83.6 Å². The third-order valence-electron chi connectivity index (χ3n) is 10.2. The van der Waals surface area contributed by atoms with Crippen LogP contribution in [0.5, 0.6) is 23.0 Å². The summed E-state index contributed by atoms with van der Waals surface area (Å²) < 4.78 is 20.6. The topological polar surface area (TPSA) is 34.8 Å². The fourth-order valence-electron chi connectivity index (χ4n) is 8.05. The number of ether oxygens (including phenoxy) is 2. The minimum atomic E-state index is -0.102. The summed E-state index contributed by atoms with van der Waals surface area (Å²) >= 11 is 0. The van der Waals surface area contributed by atoms with Crippen molar-refractivity contribution in [2.75, 3.05) is 4.90 Å². The highest BCUT2D eigenvalue weighted by molar-refractivity contribution is 7.01. The molecule has 5 heteroatoms. The lowest BCUT2D eigenvalue weighted by Gasteiger charge is -2.34. The second kappa shape index (κ2) is 10.0. The SMILES string of the molecule is c1ccc(N(c2ccccc2)c2ccc3c(c2)oc2c4c5c(cc23)Oc2ccc3ccccc3c2B5c2c(ccc3ccccc23)O4)cc1. The zero-order chi connectivity index (χ0) is 32.1. The quantitative estimate of drug-likeness (QED) is 0.183. The first kappa shape index (κ1) is 26.6. The Kier molecular flexibility index (Phi) is 5.44. The lowest BCUT2D eigenvalue weighted by atomic mass is 9.33. The van der Waals surface area contributed by atoms with Crippen LogP contribution >= 0.6 is 0 Å². The smallest absolute Gasteiger partial charge is 0.262 e. The molecule has 1 aromatic heterocycles. The molecule has 0 fully saturated rings. The Balaban J connectivity index is 1.18. The highest BCUT2D eigenvalue weighted by atomic mass is 16.5. The number of rotatable bonds is 3. The zero-order valence-electron chi connectivity index (χ0n) is 26.3. The van der Waals surface area contributed by atoms with Gasteiger partial charge < -0.3 is 18.8 Å². The van der Waals surface area contributed by atoms with Gasteiger partial charge in [0.25, 0.3) is 6.71 Å². The first-order valence-corrected chi connectivity index (χ1v) is 16.6. The Hall–Kier alpha value is -6.46. The van der Waals surface area contributed by atoms with Crippen LogP contribution in [-0.2, 0) is 0 Å². The molecule has 11 rings (SSSR count). The number of furan rings is 1. The monoisotopic (exact) mass is 627 g/mol. The number of nitrogens with zero attached hydrogens (tertiary/aromatic N) is 1. The first-order chi connectivity index (χ1) is 24.3. The van der Waals surface area contributed by atoms with Gasteiger partial charge in [-0.15, -0.1) is 0 Å². The maximum atomic E-state index is 6.93. The third-order valence-corrected chi connectivity index (χ3v) is 10.2. The molecule has 0 saturated heterocycles. The summed E-state index contributed by atoms with van der Waals surface area (Å²) in [5.74, 6) is 3.24. The largest absolute Gasteiger partial charge is 0.458 e. The summed E-state index contributed by atoms with van der Waals surface area (Å²) in [6, 6.07) is 55.1. The van der Waals surface area contributed by atoms with Crippen LogP contribution in [0.4, 0.5) is 17.1 Å². The van der Waals surface area contributed by atoms with E-state index in [1.165, 1.54) is 21.5 Å². The maximum Gasteiger partial charge on any atom is 0.262 e. The van der Waals surface area contributed by atoms with Crippen LogP contribution in [0.25, 0.3) is 43.5 Å². The van der Waals surface area contributed by atoms with E-state index in [4.69, 9.17) is 13.9 Å². The average molecular weight is 628 g/mol. The lowest BCUT2D eigenvalue weighted by Crippen LogP contribution is -2.57. The van der Waals surface area contributed by atoms with Crippen LogP contribution in [0.2, 0.25) is 0 Å². The summed E-state index contributed by atoms with van der Waals surface area (Å²) in [4.78, 5) is 2.25. The average Bonchev–Trinajstić information content (AvgIpc) is 3.53. The Morgan fingerprint density at radius 2 is 1.00 bits per heavy atom. The van der Waals surface area contributed by atoms with E-state index < -0.39 is 0 Å². The van der Waals surface area contributed by atoms with E-state index in [2.05, 4.69) is 150 Å². The molecule has 49 heavy (non-hydrogen) atoms. The second-order valence-corrected chi connectivity index (χ2v) is 12.8. The van der Waals surface area contributed by atoms with Crippen LogP contribution in [0, 0.1) is 0 Å². The molecule has 0 aliphatic carbocycles. The molecule has 0 radical (unpaired) electrons. The third kappa shape index (κ3) is 3.81. The number of para-hydroxylation sites is 2. The van der Waals surface area contributed by atoms with E-state index >= 15 is 0 Å². The Morgan fingerprint density at radius 3 is 1.65 bits per heavy atom. The summed E-state index contributed by atoms with van der Waals surface area (Å²) in [6.45, 7) is -0.102. The van der Waals surface area contributed by atoms with Crippen molar-refractivity contribution in [1.82, 2.24) is 0 Å². The highest BCUT2D eigenvalue weighted by Crippen LogP contribution is 2.46. The van der Waals surface area contributed by atoms with E-state index in [-0.39, 0.29) is 6.71 Å². The highest BCUT2D eigenvalue weighted by Gasteiger charge is 2.43. The molecule has 0 saturated carbocycles. The Bertz CT molecular complexity index is 2710. The zero-order valence-corrected chi connectivity index (χ0v) is 26.3. The van der Waals surface area contributed by atoms with Crippen molar-refractivity contribution in [3.05, 3.63) is 158 Å². The minimum Gasteiger partial charge on any atom is -0.458 e. The summed E-state index contributed by atoms with van der Waals surface area (Å²) in [5.41, 5.74) is 8.00. The van der Waals surface area contributed by atoms with Gasteiger partial charge >= 0.3 is 0 Å². The standard InChI is InChI=1S/C44H26BNO3/c1-3-13-29(14-4-1)46(30-15-5-2-6-16-30)31-21-22-34-35-26-39-42-44(43(35)49-38(34)25-31)48-37-24-20-28-12-8-10-18-33(28)41(37)45(42)40-32-17-9-7-11-27(32)19-23-36(40)47-39/h1-26H.